The molecule has 1 rings (SSSR count). The van der Waals surface area contributed by atoms with E-state index in [1.807, 2.05) is 13.8 Å². The van der Waals surface area contributed by atoms with Crippen LogP contribution in [0.4, 0.5) is 0 Å². The number of ether oxygens (including phenoxy) is 1. The summed E-state index contributed by atoms with van der Waals surface area (Å²) < 4.78 is 5.06. The molecule has 0 aromatic rings. The highest BCUT2D eigenvalue weighted by molar-refractivity contribution is 5.72. The minimum atomic E-state index is -0.142. The summed E-state index contributed by atoms with van der Waals surface area (Å²) in [6.45, 7) is 8.45. The zero-order valence-electron chi connectivity index (χ0n) is 10.1. The first-order valence-corrected chi connectivity index (χ1v) is 5.79. The highest BCUT2D eigenvalue weighted by atomic mass is 16.6. The van der Waals surface area contributed by atoms with Crippen molar-refractivity contribution in [3.05, 3.63) is 0 Å². The Kier molecular flexibility index (Phi) is 6.60. The van der Waals surface area contributed by atoms with Crippen LogP contribution in [0.5, 0.6) is 0 Å². The molecule has 0 saturated carbocycles. The normalized spacial score (nSPS) is 25.3. The molecule has 0 radical (unpaired) electrons. The molecule has 1 heterocycles. The molecule has 1 saturated heterocycles. The number of carbonyl (C=O) groups excluding carboxylic acids is 1. The number of carbonyl (C=O) groups is 1. The fraction of sp³-hybridized carbons (Fsp3) is 0.917. The van der Waals surface area contributed by atoms with Gasteiger partial charge < -0.3 is 4.74 Å². The summed E-state index contributed by atoms with van der Waals surface area (Å²) in [4.78, 5) is 10.6. The molecular weight excluding hydrogens is 176 g/mol. The molecule has 0 bridgehead atoms. The van der Waals surface area contributed by atoms with E-state index in [9.17, 15) is 4.79 Å². The molecule has 0 aromatic heterocycles. The van der Waals surface area contributed by atoms with Gasteiger partial charge in [0.25, 0.3) is 0 Å². The maximum Gasteiger partial charge on any atom is 0.306 e. The molecule has 1 aliphatic rings. The molecular formula is C12H24O2. The van der Waals surface area contributed by atoms with E-state index in [-0.39, 0.29) is 11.6 Å². The fourth-order valence-corrected chi connectivity index (χ4v) is 1.35. The minimum Gasteiger partial charge on any atom is -0.459 e. The lowest BCUT2D eigenvalue weighted by Gasteiger charge is -2.19. The Balaban J connectivity index is 0.000000292. The molecule has 0 aromatic carbocycles. The van der Waals surface area contributed by atoms with Crippen LogP contribution in [0.1, 0.15) is 66.2 Å². The maximum atomic E-state index is 10.6. The lowest BCUT2D eigenvalue weighted by Crippen LogP contribution is -2.21. The van der Waals surface area contributed by atoms with Gasteiger partial charge in [-0.1, -0.05) is 40.0 Å². The number of hydrogen-bond donors (Lipinski definition) is 0. The Bertz CT molecular complexity index is 164. The lowest BCUT2D eigenvalue weighted by molar-refractivity contribution is -0.147. The Labute approximate surface area is 88.0 Å². The van der Waals surface area contributed by atoms with E-state index in [1.54, 1.807) is 0 Å². The summed E-state index contributed by atoms with van der Waals surface area (Å²) in [7, 11) is 0. The van der Waals surface area contributed by atoms with Gasteiger partial charge in [-0.25, -0.2) is 0 Å². The van der Waals surface area contributed by atoms with Crippen LogP contribution in [0, 0.1) is 0 Å². The molecule has 0 aliphatic carbocycles. The van der Waals surface area contributed by atoms with Crippen molar-refractivity contribution in [2.45, 2.75) is 71.8 Å². The molecule has 2 nitrogen and oxygen atoms in total. The largest absolute Gasteiger partial charge is 0.459 e. The first-order chi connectivity index (χ1) is 6.58. The summed E-state index contributed by atoms with van der Waals surface area (Å²) in [6, 6.07) is 0. The molecule has 1 fully saturated rings. The third-order valence-corrected chi connectivity index (χ3v) is 2.67. The lowest BCUT2D eigenvalue weighted by atomic mass is 10.0. The minimum absolute atomic E-state index is 0.0423. The second kappa shape index (κ2) is 6.86. The van der Waals surface area contributed by atoms with E-state index in [2.05, 4.69) is 13.8 Å². The molecule has 84 valence electrons. The average Bonchev–Trinajstić information content (AvgIpc) is 2.50. The Morgan fingerprint density at radius 3 is 2.00 bits per heavy atom. The molecule has 1 atom stereocenters. The Morgan fingerprint density at radius 1 is 1.29 bits per heavy atom. The second-order valence-corrected chi connectivity index (χ2v) is 4.13. The van der Waals surface area contributed by atoms with Crippen LogP contribution in [-0.2, 0) is 9.53 Å². The summed E-state index contributed by atoms with van der Waals surface area (Å²) in [5.41, 5.74) is -0.142. The average molecular weight is 200 g/mol. The van der Waals surface area contributed by atoms with Gasteiger partial charge in [-0.3, -0.25) is 4.79 Å². The molecule has 2 heteroatoms. The van der Waals surface area contributed by atoms with Crippen LogP contribution in [0.2, 0.25) is 0 Å². The van der Waals surface area contributed by atoms with Gasteiger partial charge in [0.05, 0.1) is 0 Å². The SMILES string of the molecule is CCCCC.CC[C@]1(C)CCC(=O)O1. The Hall–Kier alpha value is -0.530. The van der Waals surface area contributed by atoms with E-state index in [0.717, 1.165) is 12.8 Å². The number of rotatable bonds is 3. The molecule has 14 heavy (non-hydrogen) atoms. The van der Waals surface area contributed by atoms with Crippen molar-refractivity contribution in [1.29, 1.82) is 0 Å². The first-order valence-electron chi connectivity index (χ1n) is 5.79. The van der Waals surface area contributed by atoms with E-state index >= 15 is 0 Å². The van der Waals surface area contributed by atoms with Crippen molar-refractivity contribution in [3.8, 4) is 0 Å². The highest BCUT2D eigenvalue weighted by Crippen LogP contribution is 2.28. The molecule has 0 unspecified atom stereocenters. The van der Waals surface area contributed by atoms with Crippen LogP contribution in [-0.4, -0.2) is 11.6 Å². The predicted molar refractivity (Wildman–Crippen MR) is 59.2 cm³/mol. The van der Waals surface area contributed by atoms with Gasteiger partial charge in [0, 0.05) is 6.42 Å². The summed E-state index contributed by atoms with van der Waals surface area (Å²) >= 11 is 0. The van der Waals surface area contributed by atoms with Gasteiger partial charge >= 0.3 is 5.97 Å². The smallest absolute Gasteiger partial charge is 0.306 e. The molecule has 0 N–H and O–H groups in total. The van der Waals surface area contributed by atoms with E-state index in [4.69, 9.17) is 4.74 Å². The number of esters is 1. The fourth-order valence-electron chi connectivity index (χ4n) is 1.35. The van der Waals surface area contributed by atoms with Gasteiger partial charge in [-0.15, -0.1) is 0 Å². The van der Waals surface area contributed by atoms with Gasteiger partial charge in [-0.05, 0) is 19.8 Å². The van der Waals surface area contributed by atoms with Crippen molar-refractivity contribution in [2.75, 3.05) is 0 Å². The van der Waals surface area contributed by atoms with Crippen LogP contribution >= 0.6 is 0 Å². The van der Waals surface area contributed by atoms with Crippen LogP contribution in [0.3, 0.4) is 0 Å². The highest BCUT2D eigenvalue weighted by Gasteiger charge is 2.33. The number of hydrogen-bond acceptors (Lipinski definition) is 2. The van der Waals surface area contributed by atoms with Crippen molar-refractivity contribution in [2.24, 2.45) is 0 Å². The van der Waals surface area contributed by atoms with Gasteiger partial charge in [0.1, 0.15) is 5.60 Å². The van der Waals surface area contributed by atoms with Gasteiger partial charge in [0.15, 0.2) is 0 Å². The Morgan fingerprint density at radius 2 is 1.86 bits per heavy atom. The molecule has 0 amide bonds. The van der Waals surface area contributed by atoms with E-state index < -0.39 is 0 Å². The third-order valence-electron chi connectivity index (χ3n) is 2.67. The van der Waals surface area contributed by atoms with Crippen LogP contribution < -0.4 is 0 Å². The standard InChI is InChI=1S/C7H12O2.C5H12/c1-3-7(2)5-4-6(8)9-7;1-3-5-4-2/h3-5H2,1-2H3;3-5H2,1-2H3/t7-;/m1./s1. The van der Waals surface area contributed by atoms with Gasteiger partial charge in [-0.2, -0.15) is 0 Å². The van der Waals surface area contributed by atoms with E-state index in [0.29, 0.717) is 6.42 Å². The summed E-state index contributed by atoms with van der Waals surface area (Å²) in [5, 5.41) is 0. The number of unbranched alkanes of at least 4 members (excludes halogenated alkanes) is 2. The second-order valence-electron chi connectivity index (χ2n) is 4.13. The quantitative estimate of drug-likeness (QED) is 0.649. The monoisotopic (exact) mass is 200 g/mol. The van der Waals surface area contributed by atoms with Crippen LogP contribution in [0.25, 0.3) is 0 Å². The number of cyclic esters (lactones) is 1. The zero-order chi connectivity index (χ0) is 11.0. The summed E-state index contributed by atoms with van der Waals surface area (Å²) in [5.74, 6) is -0.0423. The van der Waals surface area contributed by atoms with Crippen LogP contribution in [0.15, 0.2) is 0 Å². The topological polar surface area (TPSA) is 26.3 Å². The predicted octanol–water partition coefficient (Wildman–Crippen LogP) is 3.69. The van der Waals surface area contributed by atoms with Crippen molar-refractivity contribution < 1.29 is 9.53 Å². The zero-order valence-corrected chi connectivity index (χ0v) is 10.1. The van der Waals surface area contributed by atoms with E-state index in [1.165, 1.54) is 19.3 Å². The molecule has 1 aliphatic heterocycles. The van der Waals surface area contributed by atoms with Crippen molar-refractivity contribution >= 4 is 5.97 Å². The van der Waals surface area contributed by atoms with Gasteiger partial charge in [0.2, 0.25) is 0 Å². The van der Waals surface area contributed by atoms with Crippen molar-refractivity contribution in [3.63, 3.8) is 0 Å². The maximum absolute atomic E-state index is 10.6. The summed E-state index contributed by atoms with van der Waals surface area (Å²) in [6.07, 6.45) is 6.50. The first kappa shape index (κ1) is 13.5. The third kappa shape index (κ3) is 5.25. The van der Waals surface area contributed by atoms with Crippen molar-refractivity contribution in [1.82, 2.24) is 0 Å². The molecule has 0 spiro atoms.